The van der Waals surface area contributed by atoms with E-state index in [1.54, 1.807) is 30.3 Å². The predicted octanol–water partition coefficient (Wildman–Crippen LogP) is 5.93. The summed E-state index contributed by atoms with van der Waals surface area (Å²) in [5, 5.41) is 0. The van der Waals surface area contributed by atoms with E-state index < -0.39 is 11.9 Å². The van der Waals surface area contributed by atoms with Crippen molar-refractivity contribution in [3.63, 3.8) is 0 Å². The monoisotopic (exact) mass is 575 g/mol. The van der Waals surface area contributed by atoms with E-state index in [-0.39, 0.29) is 36.2 Å². The second kappa shape index (κ2) is 9.60. The number of amides is 1. The lowest BCUT2D eigenvalue weighted by atomic mass is 10.0. The fraction of sp³-hybridized carbons (Fsp3) is 0.400. The van der Waals surface area contributed by atoms with Gasteiger partial charge in [0.05, 0.1) is 19.3 Å². The second-order valence-electron chi connectivity index (χ2n) is 11.4. The Morgan fingerprint density at radius 2 is 1.81 bits per heavy atom. The van der Waals surface area contributed by atoms with Crippen LogP contribution in [0.15, 0.2) is 43.0 Å². The van der Waals surface area contributed by atoms with E-state index in [9.17, 15) is 18.0 Å². The minimum atomic E-state index is -4.53. The number of benzene rings is 1. The van der Waals surface area contributed by atoms with Crippen molar-refractivity contribution in [1.82, 2.24) is 29.5 Å². The predicted molar refractivity (Wildman–Crippen MR) is 147 cm³/mol. The Hall–Kier alpha value is -4.35. The summed E-state index contributed by atoms with van der Waals surface area (Å²) in [6.45, 7) is 3.88. The minimum Gasteiger partial charge on any atom is -0.480 e. The molecule has 1 amide bonds. The number of fused-ring (bicyclic) bond motifs is 3. The molecule has 12 heteroatoms. The number of nitrogens with zero attached hydrogens (tertiary/aromatic N) is 7. The molecule has 0 saturated heterocycles. The van der Waals surface area contributed by atoms with Gasteiger partial charge in [-0.2, -0.15) is 13.2 Å². The molecule has 4 aromatic rings. The summed E-state index contributed by atoms with van der Waals surface area (Å²) in [5.74, 6) is 1.94. The van der Waals surface area contributed by atoms with E-state index in [1.165, 1.54) is 10.9 Å². The first-order chi connectivity index (χ1) is 20.1. The molecule has 1 aromatic carbocycles. The van der Waals surface area contributed by atoms with Gasteiger partial charge >= 0.3 is 6.18 Å². The Kier molecular flexibility index (Phi) is 6.07. The van der Waals surface area contributed by atoms with E-state index in [4.69, 9.17) is 9.72 Å². The number of alkyl halides is 3. The highest BCUT2D eigenvalue weighted by molar-refractivity contribution is 6.00. The molecule has 0 unspecified atom stereocenters. The molecule has 2 fully saturated rings. The van der Waals surface area contributed by atoms with Gasteiger partial charge in [-0.1, -0.05) is 24.3 Å². The van der Waals surface area contributed by atoms with Gasteiger partial charge in [0.25, 0.3) is 0 Å². The van der Waals surface area contributed by atoms with Crippen LogP contribution in [-0.4, -0.2) is 42.5 Å². The molecule has 0 spiro atoms. The fourth-order valence-electron chi connectivity index (χ4n) is 5.74. The molecule has 2 saturated carbocycles. The minimum absolute atomic E-state index is 0.00471. The highest BCUT2D eigenvalue weighted by Gasteiger charge is 2.52. The van der Waals surface area contributed by atoms with Crippen LogP contribution >= 0.6 is 0 Å². The summed E-state index contributed by atoms with van der Waals surface area (Å²) in [6.07, 6.45) is 2.61. The molecular weight excluding hydrogens is 547 g/mol. The van der Waals surface area contributed by atoms with Crippen molar-refractivity contribution in [2.45, 2.75) is 63.7 Å². The number of anilines is 1. The van der Waals surface area contributed by atoms with Crippen LogP contribution in [0.1, 0.15) is 73.5 Å². The molecule has 216 valence electrons. The molecule has 1 aliphatic heterocycles. The Morgan fingerprint density at radius 1 is 1.05 bits per heavy atom. The van der Waals surface area contributed by atoms with Crippen LogP contribution in [0.3, 0.4) is 0 Å². The van der Waals surface area contributed by atoms with Crippen LogP contribution in [0.25, 0.3) is 22.8 Å². The summed E-state index contributed by atoms with van der Waals surface area (Å²) >= 11 is 0. The maximum absolute atomic E-state index is 13.5. The van der Waals surface area contributed by atoms with Crippen LogP contribution in [0, 0.1) is 5.92 Å². The van der Waals surface area contributed by atoms with Crippen molar-refractivity contribution in [2.24, 2.45) is 5.92 Å². The summed E-state index contributed by atoms with van der Waals surface area (Å²) < 4.78 is 47.2. The summed E-state index contributed by atoms with van der Waals surface area (Å²) in [6, 6.07) is 6.90. The largest absolute Gasteiger partial charge is 0.480 e. The van der Waals surface area contributed by atoms with Crippen molar-refractivity contribution in [1.29, 1.82) is 0 Å². The number of carbonyl (C=O) groups is 1. The summed E-state index contributed by atoms with van der Waals surface area (Å²) in [4.78, 5) is 37.4. The normalized spacial score (nSPS) is 19.6. The quantitative estimate of drug-likeness (QED) is 0.269. The zero-order valence-corrected chi connectivity index (χ0v) is 23.3. The van der Waals surface area contributed by atoms with Crippen LogP contribution in [0.4, 0.5) is 19.0 Å². The van der Waals surface area contributed by atoms with Gasteiger partial charge in [0, 0.05) is 47.3 Å². The number of hydrogen-bond acceptors (Lipinski definition) is 7. The molecule has 2 atom stereocenters. The zero-order chi connectivity index (χ0) is 29.3. The number of halogens is 3. The Bertz CT molecular complexity index is 1700. The average molecular weight is 576 g/mol. The van der Waals surface area contributed by atoms with Gasteiger partial charge in [0.15, 0.2) is 11.5 Å². The van der Waals surface area contributed by atoms with Crippen LogP contribution in [0.2, 0.25) is 0 Å². The third-order valence-corrected chi connectivity index (χ3v) is 8.18. The molecule has 3 aromatic heterocycles. The smallest absolute Gasteiger partial charge is 0.434 e. The van der Waals surface area contributed by atoms with E-state index in [1.807, 2.05) is 26.0 Å². The number of rotatable bonds is 7. The van der Waals surface area contributed by atoms with Gasteiger partial charge in [-0.3, -0.25) is 9.69 Å². The molecule has 3 aliphatic rings. The molecule has 4 heterocycles. The van der Waals surface area contributed by atoms with Crippen molar-refractivity contribution < 1.29 is 22.7 Å². The van der Waals surface area contributed by atoms with Gasteiger partial charge in [0.2, 0.25) is 11.8 Å². The van der Waals surface area contributed by atoms with Crippen LogP contribution in [-0.2, 0) is 17.5 Å². The number of hydrogen-bond donors (Lipinski definition) is 0. The molecule has 0 bridgehead atoms. The van der Waals surface area contributed by atoms with Crippen LogP contribution in [0.5, 0.6) is 5.88 Å². The fourth-order valence-corrected chi connectivity index (χ4v) is 5.74. The maximum Gasteiger partial charge on any atom is 0.434 e. The molecule has 0 radical (unpaired) electrons. The van der Waals surface area contributed by atoms with E-state index >= 15 is 0 Å². The molecule has 2 aliphatic carbocycles. The van der Waals surface area contributed by atoms with Crippen molar-refractivity contribution in [3.8, 4) is 28.7 Å². The van der Waals surface area contributed by atoms with Gasteiger partial charge < -0.3 is 9.30 Å². The Morgan fingerprint density at radius 3 is 2.48 bits per heavy atom. The topological polar surface area (TPSA) is 98.9 Å². The third-order valence-electron chi connectivity index (χ3n) is 8.18. The van der Waals surface area contributed by atoms with E-state index in [0.29, 0.717) is 34.6 Å². The highest BCUT2D eigenvalue weighted by Crippen LogP contribution is 2.55. The van der Waals surface area contributed by atoms with Crippen molar-refractivity contribution in [3.05, 3.63) is 65.5 Å². The Labute approximate surface area is 239 Å². The number of carbonyl (C=O) groups excluding carboxylic acids is 1. The third kappa shape index (κ3) is 4.49. The summed E-state index contributed by atoms with van der Waals surface area (Å²) in [5.41, 5.74) is 2.88. The zero-order valence-electron chi connectivity index (χ0n) is 23.3. The first kappa shape index (κ1) is 26.5. The first-order valence-electron chi connectivity index (χ1n) is 14.0. The lowest BCUT2D eigenvalue weighted by molar-refractivity contribution is -0.140. The van der Waals surface area contributed by atoms with Crippen molar-refractivity contribution in [2.75, 3.05) is 12.0 Å². The lowest BCUT2D eigenvalue weighted by Gasteiger charge is -2.28. The van der Waals surface area contributed by atoms with Gasteiger partial charge in [0.1, 0.15) is 23.5 Å². The molecule has 0 N–H and O–H groups in total. The number of ether oxygens (including phenoxy) is 1. The number of aromatic nitrogens is 6. The maximum atomic E-state index is 13.5. The van der Waals surface area contributed by atoms with E-state index in [2.05, 4.69) is 19.9 Å². The molecule has 9 nitrogen and oxygen atoms in total. The summed E-state index contributed by atoms with van der Waals surface area (Å²) in [7, 11) is 1.55. The molecule has 42 heavy (non-hydrogen) atoms. The van der Waals surface area contributed by atoms with Gasteiger partial charge in [-0.15, -0.1) is 0 Å². The van der Waals surface area contributed by atoms with Crippen molar-refractivity contribution >= 4 is 11.7 Å². The first-order valence-corrected chi connectivity index (χ1v) is 14.0. The molecular formula is C30H28F3N7O2. The van der Waals surface area contributed by atoms with Crippen LogP contribution < -0.4 is 9.64 Å². The SMILES string of the molecule is COc1ncnc(C2CC2)c1-c1ncc2c(n1)N(Cc1ccc(-c3nc(C(F)(F)F)cn3C(C)C)cc1)C(=O)[C@H]1C[C@@H]21. The molecule has 7 rings (SSSR count). The van der Waals surface area contributed by atoms with E-state index in [0.717, 1.165) is 42.3 Å². The highest BCUT2D eigenvalue weighted by atomic mass is 19.4. The number of methoxy groups -OCH3 is 1. The number of imidazole rings is 1. The lowest BCUT2D eigenvalue weighted by Crippen LogP contribution is -2.36. The Balaban J connectivity index is 1.23. The standard InChI is InChI=1S/C30H28F3N7O2/c1-15(2)39-13-22(30(31,32)33)37-26(39)18-6-4-16(5-7-18)12-40-27-21(19-10-20(19)29(40)41)11-34-25(38-27)23-24(17-8-9-17)35-14-36-28(23)42-3/h4-7,11,13-15,17,19-20H,8-10,12H2,1-3H3/t19-,20+/m1/s1. The van der Waals surface area contributed by atoms with Gasteiger partial charge in [-0.25, -0.2) is 24.9 Å². The average Bonchev–Trinajstić information content (AvgIpc) is 3.91. The second-order valence-corrected chi connectivity index (χ2v) is 11.4. The van der Waals surface area contributed by atoms with Gasteiger partial charge in [-0.05, 0) is 38.7 Å².